The van der Waals surface area contributed by atoms with Gasteiger partial charge in [-0.25, -0.2) is 0 Å². The summed E-state index contributed by atoms with van der Waals surface area (Å²) in [4.78, 5) is 25.8. The molecule has 1 aliphatic rings. The Bertz CT molecular complexity index is 1350. The number of ether oxygens (including phenoxy) is 2. The number of nitrogens with one attached hydrogen (secondary N) is 1. The van der Waals surface area contributed by atoms with Crippen LogP contribution in [0.5, 0.6) is 11.5 Å². The number of hydrogen-bond acceptors (Lipinski definition) is 6. The van der Waals surface area contributed by atoms with Gasteiger partial charge in [0.05, 0.1) is 11.5 Å². The van der Waals surface area contributed by atoms with Gasteiger partial charge in [0.15, 0.2) is 15.8 Å². The third-order valence-electron chi connectivity index (χ3n) is 5.01. The number of carbonyl (C=O) groups is 2. The quantitative estimate of drug-likeness (QED) is 0.251. The average molecular weight is 559 g/mol. The van der Waals surface area contributed by atoms with Crippen LogP contribution in [0.15, 0.2) is 71.6 Å². The van der Waals surface area contributed by atoms with Crippen molar-refractivity contribution in [1.82, 2.24) is 10.4 Å². The molecule has 0 saturated carbocycles. The lowest BCUT2D eigenvalue weighted by molar-refractivity contribution is -0.123. The largest absolute Gasteiger partial charge is 0.490 e. The summed E-state index contributed by atoms with van der Waals surface area (Å²) in [5.41, 5.74) is 4.49. The highest BCUT2D eigenvalue weighted by Gasteiger charge is 2.33. The number of hydrogen-bond donors (Lipinski definition) is 1. The van der Waals surface area contributed by atoms with E-state index in [4.69, 9.17) is 44.9 Å². The Labute approximate surface area is 228 Å². The van der Waals surface area contributed by atoms with Crippen LogP contribution in [0.2, 0.25) is 10.0 Å². The van der Waals surface area contributed by atoms with E-state index in [9.17, 15) is 9.59 Å². The van der Waals surface area contributed by atoms with Crippen LogP contribution in [0.1, 0.15) is 28.4 Å². The number of hydrazine groups is 1. The maximum atomic E-state index is 12.9. The summed E-state index contributed by atoms with van der Waals surface area (Å²) in [6.45, 7) is 2.53. The molecule has 4 rings (SSSR count). The van der Waals surface area contributed by atoms with E-state index in [-0.39, 0.29) is 10.9 Å². The predicted octanol–water partition coefficient (Wildman–Crippen LogP) is 6.52. The first-order valence-corrected chi connectivity index (χ1v) is 12.8. The minimum absolute atomic E-state index is 0.231. The maximum Gasteiger partial charge on any atom is 0.285 e. The fraction of sp³-hybridized carbons (Fsp3) is 0.115. The van der Waals surface area contributed by atoms with Crippen LogP contribution in [0, 0.1) is 0 Å². The molecule has 3 aromatic rings. The normalized spacial score (nSPS) is 14.3. The van der Waals surface area contributed by atoms with Crippen LogP contribution < -0.4 is 14.9 Å². The first kappa shape index (κ1) is 26.0. The molecule has 2 amide bonds. The van der Waals surface area contributed by atoms with Crippen LogP contribution in [-0.2, 0) is 11.4 Å². The molecule has 184 valence electrons. The van der Waals surface area contributed by atoms with E-state index in [1.807, 2.05) is 6.92 Å². The molecule has 36 heavy (non-hydrogen) atoms. The highest BCUT2D eigenvalue weighted by atomic mass is 35.5. The fourth-order valence-electron chi connectivity index (χ4n) is 3.27. The number of amides is 2. The van der Waals surface area contributed by atoms with Gasteiger partial charge in [-0.1, -0.05) is 65.3 Å². The molecule has 0 aromatic heterocycles. The molecule has 0 aliphatic carbocycles. The minimum Gasteiger partial charge on any atom is -0.490 e. The molecule has 1 aliphatic heterocycles. The summed E-state index contributed by atoms with van der Waals surface area (Å²) in [5, 5.41) is 2.14. The van der Waals surface area contributed by atoms with Crippen molar-refractivity contribution in [2.45, 2.75) is 13.5 Å². The third-order valence-corrected chi connectivity index (χ3v) is 6.90. The number of thiocarbonyl (C=S) groups is 1. The molecule has 0 radical (unpaired) electrons. The summed E-state index contributed by atoms with van der Waals surface area (Å²) in [7, 11) is 0. The summed E-state index contributed by atoms with van der Waals surface area (Å²) in [6.07, 6.45) is 1.69. The first-order valence-electron chi connectivity index (χ1n) is 10.8. The van der Waals surface area contributed by atoms with Crippen molar-refractivity contribution in [2.75, 3.05) is 6.61 Å². The molecule has 0 spiro atoms. The SMILES string of the molecule is CCOc1cc(/C=C2\SC(=S)N(NC(=O)c3ccccc3)C2=O)ccc1OCc1ccc(Cl)cc1Cl. The van der Waals surface area contributed by atoms with Gasteiger partial charge in [0, 0.05) is 21.2 Å². The molecule has 6 nitrogen and oxygen atoms in total. The van der Waals surface area contributed by atoms with Gasteiger partial charge in [0.25, 0.3) is 11.8 Å². The zero-order valence-corrected chi connectivity index (χ0v) is 22.1. The Kier molecular flexibility index (Phi) is 8.53. The van der Waals surface area contributed by atoms with Crippen molar-refractivity contribution >= 4 is 69.4 Å². The number of benzene rings is 3. The Morgan fingerprint density at radius 2 is 1.83 bits per heavy atom. The van der Waals surface area contributed by atoms with E-state index in [1.165, 1.54) is 0 Å². The lowest BCUT2D eigenvalue weighted by atomic mass is 10.1. The van der Waals surface area contributed by atoms with Crippen LogP contribution in [-0.4, -0.2) is 27.8 Å². The molecular formula is C26H20Cl2N2O4S2. The molecule has 1 N–H and O–H groups in total. The van der Waals surface area contributed by atoms with Crippen LogP contribution >= 0.6 is 47.2 Å². The van der Waals surface area contributed by atoms with Gasteiger partial charge in [-0.15, -0.1) is 0 Å². The van der Waals surface area contributed by atoms with Gasteiger partial charge in [0.1, 0.15) is 6.61 Å². The zero-order chi connectivity index (χ0) is 25.7. The Morgan fingerprint density at radius 3 is 2.56 bits per heavy atom. The average Bonchev–Trinajstić information content (AvgIpc) is 3.12. The Hall–Kier alpha value is -3.04. The summed E-state index contributed by atoms with van der Waals surface area (Å²) < 4.78 is 11.9. The van der Waals surface area contributed by atoms with Crippen LogP contribution in [0.3, 0.4) is 0 Å². The lowest BCUT2D eigenvalue weighted by Crippen LogP contribution is -2.44. The van der Waals surface area contributed by atoms with Crippen molar-refractivity contribution in [3.05, 3.63) is 98.4 Å². The van der Waals surface area contributed by atoms with Crippen LogP contribution in [0.4, 0.5) is 0 Å². The molecule has 1 fully saturated rings. The van der Waals surface area contributed by atoms with Gasteiger partial charge in [0.2, 0.25) is 0 Å². The monoisotopic (exact) mass is 558 g/mol. The lowest BCUT2D eigenvalue weighted by Gasteiger charge is -2.15. The minimum atomic E-state index is -0.422. The summed E-state index contributed by atoms with van der Waals surface area (Å²) in [6, 6.07) is 19.2. The van der Waals surface area contributed by atoms with Crippen LogP contribution in [0.25, 0.3) is 6.08 Å². The fourth-order valence-corrected chi connectivity index (χ4v) is 4.91. The smallest absolute Gasteiger partial charge is 0.285 e. The van der Waals surface area contributed by atoms with Crippen molar-refractivity contribution in [3.8, 4) is 11.5 Å². The molecule has 1 saturated heterocycles. The summed E-state index contributed by atoms with van der Waals surface area (Å²) >= 11 is 18.6. The third kappa shape index (κ3) is 6.20. The molecular weight excluding hydrogens is 539 g/mol. The van der Waals surface area contributed by atoms with E-state index in [0.717, 1.165) is 22.3 Å². The highest BCUT2D eigenvalue weighted by Crippen LogP contribution is 2.35. The highest BCUT2D eigenvalue weighted by molar-refractivity contribution is 8.26. The molecule has 1 heterocycles. The molecule has 3 aromatic carbocycles. The second-order valence-corrected chi connectivity index (χ2v) is 10.0. The van der Waals surface area contributed by atoms with Gasteiger partial charge in [-0.2, -0.15) is 5.01 Å². The van der Waals surface area contributed by atoms with E-state index in [2.05, 4.69) is 5.43 Å². The topological polar surface area (TPSA) is 67.9 Å². The maximum absolute atomic E-state index is 12.9. The molecule has 10 heteroatoms. The second-order valence-electron chi connectivity index (χ2n) is 7.49. The molecule has 0 bridgehead atoms. The van der Waals surface area contributed by atoms with Gasteiger partial charge >= 0.3 is 0 Å². The van der Waals surface area contributed by atoms with E-state index in [1.54, 1.807) is 72.8 Å². The van der Waals surface area contributed by atoms with Gasteiger partial charge in [-0.05, 0) is 67.2 Å². The number of carbonyl (C=O) groups excluding carboxylic acids is 2. The molecule has 0 atom stereocenters. The Morgan fingerprint density at radius 1 is 1.06 bits per heavy atom. The molecule has 0 unspecified atom stereocenters. The van der Waals surface area contributed by atoms with Crippen molar-refractivity contribution < 1.29 is 19.1 Å². The second kappa shape index (κ2) is 11.8. The van der Waals surface area contributed by atoms with E-state index >= 15 is 0 Å². The number of rotatable bonds is 8. The number of nitrogens with zero attached hydrogens (tertiary/aromatic N) is 1. The van der Waals surface area contributed by atoms with Gasteiger partial charge < -0.3 is 9.47 Å². The summed E-state index contributed by atoms with van der Waals surface area (Å²) in [5.74, 6) is 0.214. The van der Waals surface area contributed by atoms with Crippen molar-refractivity contribution in [1.29, 1.82) is 0 Å². The zero-order valence-electron chi connectivity index (χ0n) is 19.0. The Balaban J connectivity index is 1.49. The van der Waals surface area contributed by atoms with E-state index in [0.29, 0.717) is 44.2 Å². The van der Waals surface area contributed by atoms with Gasteiger partial charge in [-0.3, -0.25) is 15.0 Å². The number of halogens is 2. The number of thioether (sulfide) groups is 1. The van der Waals surface area contributed by atoms with Crippen molar-refractivity contribution in [2.24, 2.45) is 0 Å². The van der Waals surface area contributed by atoms with E-state index < -0.39 is 11.8 Å². The van der Waals surface area contributed by atoms with Crippen molar-refractivity contribution in [3.63, 3.8) is 0 Å². The standard InChI is InChI=1S/C26H20Cl2N2O4S2/c1-2-33-22-12-16(8-11-21(22)34-15-18-9-10-19(27)14-20(18)28)13-23-25(32)30(26(35)36-23)29-24(31)17-6-4-3-5-7-17/h3-14H,2,15H2,1H3,(H,29,31)/b23-13-. The first-order chi connectivity index (χ1) is 17.4. The predicted molar refractivity (Wildman–Crippen MR) is 147 cm³/mol.